The van der Waals surface area contributed by atoms with Crippen LogP contribution in [0, 0.1) is 5.41 Å². The zero-order chi connectivity index (χ0) is 18.5. The van der Waals surface area contributed by atoms with E-state index in [1.807, 2.05) is 0 Å². The molecule has 8 heteroatoms. The van der Waals surface area contributed by atoms with Gasteiger partial charge in [-0.1, -0.05) is 19.3 Å². The van der Waals surface area contributed by atoms with E-state index in [-0.39, 0.29) is 10.3 Å². The van der Waals surface area contributed by atoms with E-state index in [0.717, 1.165) is 45.2 Å². The maximum atomic E-state index is 11.8. The smallest absolute Gasteiger partial charge is 0.241 e. The summed E-state index contributed by atoms with van der Waals surface area (Å²) in [5.74, 6) is 0.729. The SMILES string of the molecule is CNS(=O)(=O)c1ccc(NCC2(CN3CCOCC3)CCCCC2)nc1. The number of morpholine rings is 1. The van der Waals surface area contributed by atoms with E-state index in [0.29, 0.717) is 0 Å². The van der Waals surface area contributed by atoms with Crippen molar-refractivity contribution in [2.75, 3.05) is 51.8 Å². The van der Waals surface area contributed by atoms with Crippen LogP contribution in [0.1, 0.15) is 32.1 Å². The molecule has 0 bridgehead atoms. The van der Waals surface area contributed by atoms with Crippen molar-refractivity contribution in [1.82, 2.24) is 14.6 Å². The summed E-state index contributed by atoms with van der Waals surface area (Å²) in [6.07, 6.45) is 7.73. The summed E-state index contributed by atoms with van der Waals surface area (Å²) in [6, 6.07) is 3.34. The number of sulfonamides is 1. The van der Waals surface area contributed by atoms with Crippen LogP contribution in [-0.4, -0.2) is 64.7 Å². The Balaban J connectivity index is 1.63. The molecule has 1 aliphatic heterocycles. The lowest BCUT2D eigenvalue weighted by atomic mass is 9.73. The van der Waals surface area contributed by atoms with Gasteiger partial charge < -0.3 is 10.1 Å². The van der Waals surface area contributed by atoms with Gasteiger partial charge in [0.15, 0.2) is 0 Å². The van der Waals surface area contributed by atoms with Crippen molar-refractivity contribution in [2.24, 2.45) is 5.41 Å². The Morgan fingerprint density at radius 1 is 1.19 bits per heavy atom. The topological polar surface area (TPSA) is 83.6 Å². The molecule has 2 fully saturated rings. The fourth-order valence-corrected chi connectivity index (χ4v) is 4.64. The number of hydrogen-bond donors (Lipinski definition) is 2. The van der Waals surface area contributed by atoms with Crippen LogP contribution >= 0.6 is 0 Å². The molecule has 0 aromatic carbocycles. The van der Waals surface area contributed by atoms with Gasteiger partial charge >= 0.3 is 0 Å². The molecule has 1 saturated carbocycles. The summed E-state index contributed by atoms with van der Waals surface area (Å²) in [5.41, 5.74) is 0.257. The molecular weight excluding hydrogens is 352 g/mol. The van der Waals surface area contributed by atoms with Gasteiger partial charge in [-0.3, -0.25) is 4.90 Å². The highest BCUT2D eigenvalue weighted by Crippen LogP contribution is 2.37. The fourth-order valence-electron chi connectivity index (χ4n) is 3.97. The molecule has 1 aromatic rings. The molecule has 3 rings (SSSR count). The molecule has 26 heavy (non-hydrogen) atoms. The van der Waals surface area contributed by atoms with Gasteiger partial charge in [0, 0.05) is 37.8 Å². The maximum absolute atomic E-state index is 11.8. The van der Waals surface area contributed by atoms with E-state index in [4.69, 9.17) is 4.74 Å². The van der Waals surface area contributed by atoms with Crippen molar-refractivity contribution in [3.63, 3.8) is 0 Å². The van der Waals surface area contributed by atoms with Crippen LogP contribution in [0.15, 0.2) is 23.2 Å². The number of pyridine rings is 1. The van der Waals surface area contributed by atoms with Crippen LogP contribution < -0.4 is 10.0 Å². The maximum Gasteiger partial charge on any atom is 0.241 e. The van der Waals surface area contributed by atoms with Gasteiger partial charge in [-0.2, -0.15) is 0 Å². The van der Waals surface area contributed by atoms with Crippen LogP contribution in [0.3, 0.4) is 0 Å². The molecule has 7 nitrogen and oxygen atoms in total. The predicted molar refractivity (Wildman–Crippen MR) is 102 cm³/mol. The van der Waals surface area contributed by atoms with Crippen LogP contribution in [0.5, 0.6) is 0 Å². The third-order valence-corrected chi connectivity index (χ3v) is 6.94. The van der Waals surface area contributed by atoms with E-state index < -0.39 is 10.0 Å². The Morgan fingerprint density at radius 3 is 2.54 bits per heavy atom. The normalized spacial score (nSPS) is 21.4. The van der Waals surface area contributed by atoms with E-state index in [2.05, 4.69) is 19.9 Å². The minimum Gasteiger partial charge on any atom is -0.379 e. The molecule has 0 amide bonds. The molecule has 0 unspecified atom stereocenters. The summed E-state index contributed by atoms with van der Waals surface area (Å²) in [4.78, 5) is 7.00. The Bertz CT molecular complexity index is 666. The van der Waals surface area contributed by atoms with E-state index >= 15 is 0 Å². The monoisotopic (exact) mass is 382 g/mol. The lowest BCUT2D eigenvalue weighted by molar-refractivity contribution is 0.0102. The predicted octanol–water partition coefficient (Wildman–Crippen LogP) is 1.68. The van der Waals surface area contributed by atoms with Crippen molar-refractivity contribution in [1.29, 1.82) is 0 Å². The summed E-state index contributed by atoms with van der Waals surface area (Å²) >= 11 is 0. The fraction of sp³-hybridized carbons (Fsp3) is 0.722. The summed E-state index contributed by atoms with van der Waals surface area (Å²) in [7, 11) is -2.04. The van der Waals surface area contributed by atoms with Crippen molar-refractivity contribution in [2.45, 2.75) is 37.0 Å². The van der Waals surface area contributed by atoms with Gasteiger partial charge in [0.05, 0.1) is 13.2 Å². The Hall–Kier alpha value is -1.22. The number of nitrogens with zero attached hydrogens (tertiary/aromatic N) is 2. The molecule has 146 valence electrons. The molecular formula is C18H30N4O3S. The van der Waals surface area contributed by atoms with Crippen molar-refractivity contribution in [3.8, 4) is 0 Å². The van der Waals surface area contributed by atoms with E-state index in [1.54, 1.807) is 12.1 Å². The lowest BCUT2D eigenvalue weighted by Gasteiger charge is -2.42. The quantitative estimate of drug-likeness (QED) is 0.747. The highest BCUT2D eigenvalue weighted by molar-refractivity contribution is 7.89. The number of hydrogen-bond acceptors (Lipinski definition) is 6. The first-order chi connectivity index (χ1) is 12.5. The Kier molecular flexibility index (Phi) is 6.50. The first kappa shape index (κ1) is 19.5. The van der Waals surface area contributed by atoms with Crippen LogP contribution in [0.4, 0.5) is 5.82 Å². The minimum atomic E-state index is -3.44. The molecule has 2 N–H and O–H groups in total. The number of anilines is 1. The van der Waals surface area contributed by atoms with Crippen molar-refractivity contribution < 1.29 is 13.2 Å². The number of rotatable bonds is 7. The second kappa shape index (κ2) is 8.65. The van der Waals surface area contributed by atoms with Crippen LogP contribution in [0.25, 0.3) is 0 Å². The van der Waals surface area contributed by atoms with Crippen LogP contribution in [-0.2, 0) is 14.8 Å². The molecule has 0 atom stereocenters. The van der Waals surface area contributed by atoms with Gasteiger partial charge in [0.25, 0.3) is 0 Å². The first-order valence-corrected chi connectivity index (χ1v) is 10.9. The minimum absolute atomic E-state index is 0.186. The number of nitrogens with one attached hydrogen (secondary N) is 2. The second-order valence-corrected chi connectivity index (χ2v) is 9.28. The summed E-state index contributed by atoms with van der Waals surface area (Å²) < 4.78 is 31.4. The molecule has 2 aliphatic rings. The zero-order valence-electron chi connectivity index (χ0n) is 15.5. The second-order valence-electron chi connectivity index (χ2n) is 7.39. The lowest BCUT2D eigenvalue weighted by Crippen LogP contribution is -2.47. The third-order valence-electron chi connectivity index (χ3n) is 5.54. The molecule has 0 radical (unpaired) electrons. The Labute approximate surface area is 156 Å². The largest absolute Gasteiger partial charge is 0.379 e. The zero-order valence-corrected chi connectivity index (χ0v) is 16.4. The van der Waals surface area contributed by atoms with Gasteiger partial charge in [-0.25, -0.2) is 18.1 Å². The highest BCUT2D eigenvalue weighted by Gasteiger charge is 2.34. The molecule has 1 aromatic heterocycles. The molecule has 2 heterocycles. The van der Waals surface area contributed by atoms with E-state index in [1.165, 1.54) is 45.3 Å². The van der Waals surface area contributed by atoms with Gasteiger partial charge in [0.2, 0.25) is 10.0 Å². The van der Waals surface area contributed by atoms with Crippen molar-refractivity contribution in [3.05, 3.63) is 18.3 Å². The van der Waals surface area contributed by atoms with E-state index in [9.17, 15) is 8.42 Å². The standard InChI is InChI=1S/C18H30N4O3S/c1-19-26(23,24)16-5-6-17(20-13-16)21-14-18(7-3-2-4-8-18)15-22-9-11-25-12-10-22/h5-6,13,19H,2-4,7-12,14-15H2,1H3,(H,20,21). The number of aromatic nitrogens is 1. The van der Waals surface area contributed by atoms with Gasteiger partial charge in [0.1, 0.15) is 10.7 Å². The highest BCUT2D eigenvalue weighted by atomic mass is 32.2. The summed E-state index contributed by atoms with van der Waals surface area (Å²) in [5, 5.41) is 3.46. The van der Waals surface area contributed by atoms with Crippen LogP contribution in [0.2, 0.25) is 0 Å². The average Bonchev–Trinajstić information content (AvgIpc) is 2.68. The molecule has 1 saturated heterocycles. The molecule has 0 spiro atoms. The average molecular weight is 383 g/mol. The first-order valence-electron chi connectivity index (χ1n) is 9.47. The number of ether oxygens (including phenoxy) is 1. The van der Waals surface area contributed by atoms with Crippen molar-refractivity contribution >= 4 is 15.8 Å². The summed E-state index contributed by atoms with van der Waals surface area (Å²) in [6.45, 7) is 5.64. The third kappa shape index (κ3) is 4.94. The van der Waals surface area contributed by atoms with Gasteiger partial charge in [-0.05, 0) is 32.0 Å². The molecule has 1 aliphatic carbocycles. The Morgan fingerprint density at radius 2 is 1.92 bits per heavy atom. The van der Waals surface area contributed by atoms with Gasteiger partial charge in [-0.15, -0.1) is 0 Å².